The van der Waals surface area contributed by atoms with Gasteiger partial charge in [-0.3, -0.25) is 19.9 Å². The van der Waals surface area contributed by atoms with Gasteiger partial charge in [0.25, 0.3) is 0 Å². The molecule has 0 saturated carbocycles. The number of hydrogen-bond acceptors (Lipinski definition) is 4. The fourth-order valence-electron chi connectivity index (χ4n) is 4.20. The second kappa shape index (κ2) is 18.7. The zero-order valence-corrected chi connectivity index (χ0v) is 32.1. The standard InChI is InChI=1S/2C16H11N2.C6H2Se2.2Pt/c1-3-10-17-15(8-1)13-6-5-7-14(12-13)16-9-2-4-11-18-16;1-2-7-13(8-3-1)14-10-6-11-16(18-14)15-9-4-5-12-17-15;1-3-7-6-5(1)2-4-8-6;;/h1-11H;1-7,9-12H;3-4H;;/q2*-1;-2;2*+2. The van der Waals surface area contributed by atoms with E-state index in [1.54, 1.807) is 21.7 Å². The van der Waals surface area contributed by atoms with E-state index in [-0.39, 0.29) is 42.1 Å². The van der Waals surface area contributed by atoms with Crippen LogP contribution in [0.5, 0.6) is 0 Å². The summed E-state index contributed by atoms with van der Waals surface area (Å²) < 4.78 is 1.62. The van der Waals surface area contributed by atoms with Gasteiger partial charge in [-0.25, -0.2) is 0 Å². The third-order valence-electron chi connectivity index (χ3n) is 6.28. The van der Waals surface area contributed by atoms with Crippen molar-refractivity contribution in [2.24, 2.45) is 0 Å². The number of nitrogens with zero attached hydrogens (tertiary/aromatic N) is 4. The summed E-state index contributed by atoms with van der Waals surface area (Å²) in [6.07, 6.45) is 5.35. The molecule has 0 N–H and O–H groups in total. The number of benzene rings is 2. The molecule has 0 unspecified atom stereocenters. The molecule has 0 amide bonds. The maximum absolute atomic E-state index is 4.62. The molecule has 4 nitrogen and oxygen atoms in total. The first-order valence-corrected chi connectivity index (χ1v) is 17.5. The van der Waals surface area contributed by atoms with Crippen molar-refractivity contribution >= 4 is 37.5 Å². The molecule has 8 rings (SSSR count). The first-order chi connectivity index (χ1) is 21.8. The molecule has 0 bridgehead atoms. The van der Waals surface area contributed by atoms with Crippen LogP contribution in [0, 0.1) is 24.3 Å². The Morgan fingerprint density at radius 1 is 0.435 bits per heavy atom. The van der Waals surface area contributed by atoms with E-state index >= 15 is 0 Å². The minimum absolute atomic E-state index is 0. The van der Waals surface area contributed by atoms with E-state index in [4.69, 9.17) is 0 Å². The van der Waals surface area contributed by atoms with Gasteiger partial charge in [-0.15, -0.1) is 60.2 Å². The Labute approximate surface area is 310 Å². The molecule has 6 aromatic heterocycles. The van der Waals surface area contributed by atoms with Crippen LogP contribution in [0.2, 0.25) is 0 Å². The molecule has 8 heteroatoms. The van der Waals surface area contributed by atoms with Gasteiger partial charge in [0.15, 0.2) is 0 Å². The zero-order valence-electron chi connectivity index (χ0n) is 24.1. The summed E-state index contributed by atoms with van der Waals surface area (Å²) in [4.78, 5) is 21.9. The van der Waals surface area contributed by atoms with Crippen molar-refractivity contribution in [2.45, 2.75) is 0 Å². The van der Waals surface area contributed by atoms with Crippen LogP contribution in [0.15, 0.2) is 144 Å². The normalized spacial score (nSPS) is 9.83. The quantitative estimate of drug-likeness (QED) is 0.134. The summed E-state index contributed by atoms with van der Waals surface area (Å²) in [6.45, 7) is 0. The molecule has 0 atom stereocenters. The summed E-state index contributed by atoms with van der Waals surface area (Å²) in [5, 5.41) is 1.27. The molecule has 2 aromatic carbocycles. The SMILES string of the molecule is [Pt+2].[Pt+2].[c-]1c(-c2ccccn2)cccc1-c1ccccn1.[c-]1c[se]c2[se]c[c-]c12.[c-]1ccccc1-c1cccc(-c2ccccn2)n1. The van der Waals surface area contributed by atoms with Gasteiger partial charge in [0.05, 0.1) is 11.4 Å². The van der Waals surface area contributed by atoms with Gasteiger partial charge in [-0.1, -0.05) is 53.6 Å². The summed E-state index contributed by atoms with van der Waals surface area (Å²) >= 11 is 1.30. The average Bonchev–Trinajstić information content (AvgIpc) is 3.77. The zero-order chi connectivity index (χ0) is 29.8. The minimum atomic E-state index is 0. The largest absolute Gasteiger partial charge is 0.295 e. The Morgan fingerprint density at radius 3 is 1.46 bits per heavy atom. The molecule has 0 aliphatic heterocycles. The first-order valence-electron chi connectivity index (χ1n) is 13.8. The van der Waals surface area contributed by atoms with E-state index in [9.17, 15) is 0 Å². The van der Waals surface area contributed by atoms with Crippen LogP contribution in [0.4, 0.5) is 0 Å². The topological polar surface area (TPSA) is 51.6 Å². The van der Waals surface area contributed by atoms with Gasteiger partial charge >= 0.3 is 102 Å². The first kappa shape index (κ1) is 35.5. The molecule has 46 heavy (non-hydrogen) atoms. The Bertz CT molecular complexity index is 1740. The summed E-state index contributed by atoms with van der Waals surface area (Å²) in [6, 6.07) is 50.2. The van der Waals surface area contributed by atoms with Gasteiger partial charge in [0, 0.05) is 30.0 Å². The van der Waals surface area contributed by atoms with Gasteiger partial charge < -0.3 is 0 Å². The monoisotopic (exact) mass is 1090 g/mol. The van der Waals surface area contributed by atoms with Crippen LogP contribution in [0.3, 0.4) is 0 Å². The molecular formula is C38H24N4Pt2Se2. The fraction of sp³-hybridized carbons (Fsp3) is 0. The molecule has 0 aliphatic rings. The Morgan fingerprint density at radius 2 is 0.935 bits per heavy atom. The molecule has 0 radical (unpaired) electrons. The second-order valence-corrected chi connectivity index (χ2v) is 14.2. The Hall–Kier alpha value is -3.32. The predicted molar refractivity (Wildman–Crippen MR) is 179 cm³/mol. The molecule has 6 heterocycles. The van der Waals surface area contributed by atoms with Crippen molar-refractivity contribution < 1.29 is 42.1 Å². The third kappa shape index (κ3) is 9.84. The fourth-order valence-corrected chi connectivity index (χ4v) is 8.15. The Balaban J connectivity index is 0.000000163. The van der Waals surface area contributed by atoms with E-state index in [0.29, 0.717) is 29.0 Å². The van der Waals surface area contributed by atoms with Crippen LogP contribution in [-0.2, 0) is 42.1 Å². The third-order valence-corrected chi connectivity index (χ3v) is 11.1. The number of fused-ring (bicyclic) bond motifs is 1. The molecule has 0 aliphatic carbocycles. The molecule has 8 aromatic rings. The maximum atomic E-state index is 4.62. The van der Waals surface area contributed by atoms with Gasteiger partial charge in [-0.2, -0.15) is 0 Å². The maximum Gasteiger partial charge on any atom is 0.0876 e. The number of hydrogen-bond donors (Lipinski definition) is 0. The molecule has 0 spiro atoms. The number of aromatic nitrogens is 4. The van der Waals surface area contributed by atoms with Gasteiger partial charge in [-0.05, 0) is 36.0 Å². The Kier molecular flexibility index (Phi) is 14.5. The van der Waals surface area contributed by atoms with E-state index in [0.717, 1.165) is 45.2 Å². The van der Waals surface area contributed by atoms with Crippen molar-refractivity contribution in [3.8, 4) is 45.2 Å². The molecule has 0 fully saturated rings. The van der Waals surface area contributed by atoms with E-state index in [1.807, 2.05) is 115 Å². The van der Waals surface area contributed by atoms with Crippen LogP contribution < -0.4 is 0 Å². The summed E-state index contributed by atoms with van der Waals surface area (Å²) in [7, 11) is 0. The number of rotatable bonds is 4. The van der Waals surface area contributed by atoms with Gasteiger partial charge in [0.2, 0.25) is 0 Å². The minimum Gasteiger partial charge on any atom is -0.295 e. The van der Waals surface area contributed by atoms with E-state index < -0.39 is 0 Å². The summed E-state index contributed by atoms with van der Waals surface area (Å²) in [5.74, 6) is 0. The van der Waals surface area contributed by atoms with E-state index in [1.165, 1.54) is 5.39 Å². The van der Waals surface area contributed by atoms with Crippen LogP contribution in [-0.4, -0.2) is 48.9 Å². The van der Waals surface area contributed by atoms with E-state index in [2.05, 4.69) is 54.1 Å². The van der Waals surface area contributed by atoms with Crippen LogP contribution in [0.25, 0.3) is 53.7 Å². The van der Waals surface area contributed by atoms with Crippen LogP contribution in [0.1, 0.15) is 0 Å². The molecule has 228 valence electrons. The average molecular weight is 1080 g/mol. The second-order valence-electron chi connectivity index (χ2n) is 9.23. The molecular weight excluding hydrogens is 1060 g/mol. The van der Waals surface area contributed by atoms with Crippen molar-refractivity contribution in [3.05, 3.63) is 168 Å². The van der Waals surface area contributed by atoms with Crippen molar-refractivity contribution in [1.82, 2.24) is 19.9 Å². The van der Waals surface area contributed by atoms with Gasteiger partial charge in [0.1, 0.15) is 0 Å². The van der Waals surface area contributed by atoms with Crippen molar-refractivity contribution in [2.75, 3.05) is 0 Å². The number of pyridine rings is 4. The molecule has 0 saturated heterocycles. The van der Waals surface area contributed by atoms with Crippen LogP contribution >= 0.6 is 0 Å². The van der Waals surface area contributed by atoms with Crippen molar-refractivity contribution in [1.29, 1.82) is 0 Å². The van der Waals surface area contributed by atoms with Crippen molar-refractivity contribution in [3.63, 3.8) is 0 Å². The summed E-state index contributed by atoms with van der Waals surface area (Å²) in [5.41, 5.74) is 7.50. The smallest absolute Gasteiger partial charge is 0.0876 e. The predicted octanol–water partition coefficient (Wildman–Crippen LogP) is 7.77.